The molecular weight excluding hydrogens is 267 g/mol. The van der Waals surface area contributed by atoms with Gasteiger partial charge in [0.2, 0.25) is 0 Å². The van der Waals surface area contributed by atoms with Gasteiger partial charge in [-0.2, -0.15) is 5.26 Å². The Hall–Kier alpha value is -2.55. The SMILES string of the molecule is Cc1cc(C)c(C#N)c(Nc2cc(F)cc(F)c2F)n1. The first kappa shape index (κ1) is 13.9. The Morgan fingerprint density at radius 2 is 1.85 bits per heavy atom. The van der Waals surface area contributed by atoms with E-state index < -0.39 is 23.1 Å². The van der Waals surface area contributed by atoms with Crippen LogP contribution in [0.15, 0.2) is 18.2 Å². The van der Waals surface area contributed by atoms with Gasteiger partial charge in [-0.05, 0) is 25.5 Å². The van der Waals surface area contributed by atoms with Crippen LogP contribution in [-0.4, -0.2) is 4.98 Å². The fourth-order valence-corrected chi connectivity index (χ4v) is 1.84. The average Bonchev–Trinajstić information content (AvgIpc) is 2.35. The highest BCUT2D eigenvalue weighted by atomic mass is 19.2. The van der Waals surface area contributed by atoms with E-state index in [2.05, 4.69) is 10.3 Å². The second-order valence-electron chi connectivity index (χ2n) is 4.29. The van der Waals surface area contributed by atoms with E-state index in [4.69, 9.17) is 5.26 Å². The summed E-state index contributed by atoms with van der Waals surface area (Å²) in [6, 6.07) is 4.86. The number of nitrogens with zero attached hydrogens (tertiary/aromatic N) is 2. The molecule has 0 fully saturated rings. The second-order valence-corrected chi connectivity index (χ2v) is 4.29. The van der Waals surface area contributed by atoms with E-state index in [-0.39, 0.29) is 11.4 Å². The summed E-state index contributed by atoms with van der Waals surface area (Å²) in [7, 11) is 0. The maximum absolute atomic E-state index is 13.6. The predicted molar refractivity (Wildman–Crippen MR) is 68.0 cm³/mol. The van der Waals surface area contributed by atoms with Gasteiger partial charge in [-0.15, -0.1) is 0 Å². The molecule has 0 atom stereocenters. The number of hydrogen-bond acceptors (Lipinski definition) is 3. The zero-order chi connectivity index (χ0) is 14.9. The van der Waals surface area contributed by atoms with Crippen LogP contribution in [0.4, 0.5) is 24.7 Å². The third-order valence-corrected chi connectivity index (χ3v) is 2.70. The van der Waals surface area contributed by atoms with Crippen LogP contribution in [0, 0.1) is 42.6 Å². The summed E-state index contributed by atoms with van der Waals surface area (Å²) >= 11 is 0. The van der Waals surface area contributed by atoms with Gasteiger partial charge in [-0.25, -0.2) is 18.2 Å². The Morgan fingerprint density at radius 3 is 2.50 bits per heavy atom. The van der Waals surface area contributed by atoms with Crippen LogP contribution < -0.4 is 5.32 Å². The van der Waals surface area contributed by atoms with Crippen molar-refractivity contribution >= 4 is 11.5 Å². The smallest absolute Gasteiger partial charge is 0.182 e. The standard InChI is InChI=1S/C14H10F3N3/c1-7-3-8(2)19-14(10(7)6-18)20-12-5-9(15)4-11(16)13(12)17/h3-5H,1-2H3,(H,19,20). The van der Waals surface area contributed by atoms with Crippen LogP contribution in [0.5, 0.6) is 0 Å². The van der Waals surface area contributed by atoms with Crippen molar-refractivity contribution in [3.05, 3.63) is 52.5 Å². The molecule has 20 heavy (non-hydrogen) atoms. The van der Waals surface area contributed by atoms with Crippen molar-refractivity contribution in [1.29, 1.82) is 5.26 Å². The number of aromatic nitrogens is 1. The summed E-state index contributed by atoms with van der Waals surface area (Å²) in [5.74, 6) is -3.39. The molecule has 3 nitrogen and oxygen atoms in total. The van der Waals surface area contributed by atoms with Gasteiger partial charge in [0.15, 0.2) is 11.6 Å². The fourth-order valence-electron chi connectivity index (χ4n) is 1.84. The van der Waals surface area contributed by atoms with Gasteiger partial charge in [0.05, 0.1) is 11.3 Å². The molecule has 0 aliphatic heterocycles. The first-order chi connectivity index (χ1) is 9.42. The molecule has 6 heteroatoms. The second kappa shape index (κ2) is 5.21. The number of aryl methyl sites for hydroxylation is 2. The van der Waals surface area contributed by atoms with Gasteiger partial charge in [0.25, 0.3) is 0 Å². The number of pyridine rings is 1. The van der Waals surface area contributed by atoms with Crippen molar-refractivity contribution in [3.8, 4) is 6.07 Å². The molecular formula is C14H10F3N3. The maximum atomic E-state index is 13.6. The van der Waals surface area contributed by atoms with E-state index in [1.54, 1.807) is 19.9 Å². The number of benzene rings is 1. The summed E-state index contributed by atoms with van der Waals surface area (Å²) in [4.78, 5) is 4.06. The minimum absolute atomic E-state index is 0.0638. The lowest BCUT2D eigenvalue weighted by Crippen LogP contribution is -2.04. The average molecular weight is 277 g/mol. The highest BCUT2D eigenvalue weighted by Gasteiger charge is 2.15. The van der Waals surface area contributed by atoms with Crippen molar-refractivity contribution in [2.45, 2.75) is 13.8 Å². The van der Waals surface area contributed by atoms with Crippen molar-refractivity contribution in [2.24, 2.45) is 0 Å². The third-order valence-electron chi connectivity index (χ3n) is 2.70. The lowest BCUT2D eigenvalue weighted by molar-refractivity contribution is 0.498. The van der Waals surface area contributed by atoms with Crippen LogP contribution >= 0.6 is 0 Å². The number of hydrogen-bond donors (Lipinski definition) is 1. The van der Waals surface area contributed by atoms with Gasteiger partial charge in [-0.1, -0.05) is 0 Å². The number of anilines is 2. The Morgan fingerprint density at radius 1 is 1.15 bits per heavy atom. The van der Waals surface area contributed by atoms with E-state index in [0.29, 0.717) is 17.3 Å². The van der Waals surface area contributed by atoms with Gasteiger partial charge in [-0.3, -0.25) is 0 Å². The Labute approximate surface area is 113 Å². The quantitative estimate of drug-likeness (QED) is 0.851. The first-order valence-corrected chi connectivity index (χ1v) is 5.72. The monoisotopic (exact) mass is 277 g/mol. The van der Waals surface area contributed by atoms with Crippen molar-refractivity contribution < 1.29 is 13.2 Å². The molecule has 0 saturated carbocycles. The molecule has 2 aromatic rings. The van der Waals surface area contributed by atoms with Crippen LogP contribution in [0.3, 0.4) is 0 Å². The Balaban J connectivity index is 2.53. The van der Waals surface area contributed by atoms with E-state index in [1.165, 1.54) is 0 Å². The molecule has 0 aliphatic rings. The normalized spacial score (nSPS) is 10.2. The molecule has 0 unspecified atom stereocenters. The van der Waals surface area contributed by atoms with Gasteiger partial charge in [0.1, 0.15) is 17.7 Å². The predicted octanol–water partition coefficient (Wildman–Crippen LogP) is 3.73. The molecule has 0 radical (unpaired) electrons. The molecule has 0 aliphatic carbocycles. The van der Waals surface area contributed by atoms with Crippen molar-refractivity contribution in [1.82, 2.24) is 4.98 Å². The maximum Gasteiger partial charge on any atom is 0.182 e. The third kappa shape index (κ3) is 2.57. The molecule has 1 aromatic heterocycles. The molecule has 0 bridgehead atoms. The molecule has 0 amide bonds. The van der Waals surface area contributed by atoms with E-state index >= 15 is 0 Å². The summed E-state index contributed by atoms with van der Waals surface area (Å²) in [6.45, 7) is 3.39. The summed E-state index contributed by atoms with van der Waals surface area (Å²) in [5, 5.41) is 11.5. The minimum Gasteiger partial charge on any atom is -0.337 e. The Kier molecular flexibility index (Phi) is 3.61. The van der Waals surface area contributed by atoms with Crippen LogP contribution in [0.2, 0.25) is 0 Å². The van der Waals surface area contributed by atoms with Gasteiger partial charge < -0.3 is 5.32 Å². The van der Waals surface area contributed by atoms with Gasteiger partial charge >= 0.3 is 0 Å². The lowest BCUT2D eigenvalue weighted by atomic mass is 10.1. The highest BCUT2D eigenvalue weighted by molar-refractivity contribution is 5.65. The summed E-state index contributed by atoms with van der Waals surface area (Å²) in [5.41, 5.74) is 1.03. The van der Waals surface area contributed by atoms with Crippen LogP contribution in [-0.2, 0) is 0 Å². The minimum atomic E-state index is -1.31. The molecule has 1 aromatic carbocycles. The summed E-state index contributed by atoms with van der Waals surface area (Å²) in [6.07, 6.45) is 0. The fraction of sp³-hybridized carbons (Fsp3) is 0.143. The molecule has 1 N–H and O–H groups in total. The zero-order valence-electron chi connectivity index (χ0n) is 10.8. The van der Waals surface area contributed by atoms with Crippen molar-refractivity contribution in [2.75, 3.05) is 5.32 Å². The van der Waals surface area contributed by atoms with E-state index in [0.717, 1.165) is 6.07 Å². The molecule has 102 valence electrons. The molecule has 0 saturated heterocycles. The van der Waals surface area contributed by atoms with E-state index in [9.17, 15) is 13.2 Å². The molecule has 1 heterocycles. The van der Waals surface area contributed by atoms with Crippen LogP contribution in [0.25, 0.3) is 0 Å². The number of nitriles is 1. The number of nitrogens with one attached hydrogen (secondary N) is 1. The highest BCUT2D eigenvalue weighted by Crippen LogP contribution is 2.25. The zero-order valence-corrected chi connectivity index (χ0v) is 10.8. The lowest BCUT2D eigenvalue weighted by Gasteiger charge is -2.11. The number of halogens is 3. The molecule has 0 spiro atoms. The Bertz CT molecular complexity index is 721. The van der Waals surface area contributed by atoms with Crippen LogP contribution in [0.1, 0.15) is 16.8 Å². The summed E-state index contributed by atoms with van der Waals surface area (Å²) < 4.78 is 39.9. The first-order valence-electron chi connectivity index (χ1n) is 5.72. The topological polar surface area (TPSA) is 48.7 Å². The number of rotatable bonds is 2. The largest absolute Gasteiger partial charge is 0.337 e. The van der Waals surface area contributed by atoms with E-state index in [1.807, 2.05) is 6.07 Å². The molecule has 2 rings (SSSR count). The van der Waals surface area contributed by atoms with Crippen molar-refractivity contribution in [3.63, 3.8) is 0 Å². The van der Waals surface area contributed by atoms with Gasteiger partial charge in [0, 0.05) is 17.8 Å².